The summed E-state index contributed by atoms with van der Waals surface area (Å²) in [4.78, 5) is 22.6. The van der Waals surface area contributed by atoms with Crippen molar-refractivity contribution in [1.82, 2.24) is 0 Å². The van der Waals surface area contributed by atoms with Crippen molar-refractivity contribution in [2.75, 3.05) is 0 Å². The molecule has 0 heterocycles. The summed E-state index contributed by atoms with van der Waals surface area (Å²) in [5, 5.41) is 0. The van der Waals surface area contributed by atoms with Crippen LogP contribution in [0, 0.1) is 0 Å². The Morgan fingerprint density at radius 2 is 1.84 bits per heavy atom. The fourth-order valence-corrected chi connectivity index (χ4v) is 1.50. The first-order valence-corrected chi connectivity index (χ1v) is 6.50. The zero-order valence-corrected chi connectivity index (χ0v) is 11.4. The molecule has 0 aliphatic heterocycles. The van der Waals surface area contributed by atoms with E-state index >= 15 is 0 Å². The van der Waals surface area contributed by atoms with Gasteiger partial charge in [-0.05, 0) is 18.9 Å². The molecule has 0 aliphatic carbocycles. The molecule has 0 aromatic heterocycles. The Labute approximate surface area is 113 Å². The summed E-state index contributed by atoms with van der Waals surface area (Å²) in [6.45, 7) is 3.80. The van der Waals surface area contributed by atoms with Crippen LogP contribution in [0.25, 0.3) is 0 Å². The van der Waals surface area contributed by atoms with Crippen LogP contribution in [-0.4, -0.2) is 18.0 Å². The molecule has 4 heteroatoms. The van der Waals surface area contributed by atoms with Gasteiger partial charge in [0.05, 0.1) is 6.10 Å². The van der Waals surface area contributed by atoms with Gasteiger partial charge in [0.1, 0.15) is 6.61 Å². The lowest BCUT2D eigenvalue weighted by atomic mass is 10.2. The van der Waals surface area contributed by atoms with Gasteiger partial charge in [-0.15, -0.1) is 0 Å². The van der Waals surface area contributed by atoms with E-state index in [1.807, 2.05) is 30.3 Å². The molecule has 0 saturated carbocycles. The zero-order chi connectivity index (χ0) is 14.1. The van der Waals surface area contributed by atoms with Crippen LogP contribution in [0.1, 0.15) is 38.7 Å². The molecule has 0 saturated heterocycles. The van der Waals surface area contributed by atoms with Gasteiger partial charge in [-0.3, -0.25) is 9.59 Å². The maximum Gasteiger partial charge on any atom is 0.306 e. The minimum atomic E-state index is -0.275. The van der Waals surface area contributed by atoms with E-state index in [4.69, 9.17) is 9.47 Å². The Balaban J connectivity index is 2.19. The number of benzene rings is 1. The molecule has 0 amide bonds. The molecule has 4 nitrogen and oxygen atoms in total. The highest BCUT2D eigenvalue weighted by Crippen LogP contribution is 2.06. The van der Waals surface area contributed by atoms with E-state index in [0.717, 1.165) is 5.56 Å². The molecule has 0 bridgehead atoms. The second-order valence-corrected chi connectivity index (χ2v) is 4.34. The number of hydrogen-bond acceptors (Lipinski definition) is 4. The SMILES string of the molecule is CCC(=O)O[C@H](C)CCC(=O)OCc1ccccc1. The fourth-order valence-electron chi connectivity index (χ4n) is 1.50. The largest absolute Gasteiger partial charge is 0.463 e. The summed E-state index contributed by atoms with van der Waals surface area (Å²) in [5.41, 5.74) is 0.960. The molecule has 0 N–H and O–H groups in total. The third-order valence-electron chi connectivity index (χ3n) is 2.62. The average Bonchev–Trinajstić information content (AvgIpc) is 2.43. The van der Waals surface area contributed by atoms with Crippen molar-refractivity contribution in [1.29, 1.82) is 0 Å². The van der Waals surface area contributed by atoms with E-state index in [1.165, 1.54) is 0 Å². The van der Waals surface area contributed by atoms with E-state index < -0.39 is 0 Å². The number of rotatable bonds is 7. The van der Waals surface area contributed by atoms with E-state index in [0.29, 0.717) is 12.8 Å². The van der Waals surface area contributed by atoms with E-state index in [9.17, 15) is 9.59 Å². The number of ether oxygens (including phenoxy) is 2. The van der Waals surface area contributed by atoms with Gasteiger partial charge in [-0.25, -0.2) is 0 Å². The molecule has 1 rings (SSSR count). The molecular weight excluding hydrogens is 244 g/mol. The predicted molar refractivity (Wildman–Crippen MR) is 71.3 cm³/mol. The lowest BCUT2D eigenvalue weighted by Crippen LogP contribution is -2.16. The van der Waals surface area contributed by atoms with Crippen LogP contribution in [0.4, 0.5) is 0 Å². The summed E-state index contributed by atoms with van der Waals surface area (Å²) in [7, 11) is 0. The van der Waals surface area contributed by atoms with Crippen molar-refractivity contribution in [3.8, 4) is 0 Å². The maximum atomic E-state index is 11.5. The molecule has 104 valence electrons. The average molecular weight is 264 g/mol. The third-order valence-corrected chi connectivity index (χ3v) is 2.62. The molecule has 0 fully saturated rings. The fraction of sp³-hybridized carbons (Fsp3) is 0.467. The summed E-state index contributed by atoms with van der Waals surface area (Å²) in [6.07, 6.45) is 0.837. The van der Waals surface area contributed by atoms with E-state index in [1.54, 1.807) is 13.8 Å². The molecule has 19 heavy (non-hydrogen) atoms. The highest BCUT2D eigenvalue weighted by Gasteiger charge is 2.11. The van der Waals surface area contributed by atoms with Gasteiger partial charge < -0.3 is 9.47 Å². The normalized spacial score (nSPS) is 11.7. The molecule has 0 unspecified atom stereocenters. The Morgan fingerprint density at radius 3 is 2.47 bits per heavy atom. The lowest BCUT2D eigenvalue weighted by molar-refractivity contribution is -0.151. The van der Waals surface area contributed by atoms with Crippen molar-refractivity contribution >= 4 is 11.9 Å². The van der Waals surface area contributed by atoms with Crippen molar-refractivity contribution in [2.24, 2.45) is 0 Å². The first kappa shape index (κ1) is 15.2. The van der Waals surface area contributed by atoms with Crippen LogP contribution in [-0.2, 0) is 25.7 Å². The van der Waals surface area contributed by atoms with Gasteiger partial charge >= 0.3 is 11.9 Å². The van der Waals surface area contributed by atoms with Crippen LogP contribution >= 0.6 is 0 Å². The van der Waals surface area contributed by atoms with Crippen LogP contribution in [0.15, 0.2) is 30.3 Å². The summed E-state index contributed by atoms with van der Waals surface area (Å²) in [5.74, 6) is -0.520. The Bertz CT molecular complexity index is 400. The summed E-state index contributed by atoms with van der Waals surface area (Å²) >= 11 is 0. The van der Waals surface area contributed by atoms with Crippen molar-refractivity contribution in [2.45, 2.75) is 45.8 Å². The number of carbonyl (C=O) groups excluding carboxylic acids is 2. The molecule has 1 atom stereocenters. The van der Waals surface area contributed by atoms with Gasteiger partial charge in [-0.1, -0.05) is 37.3 Å². The molecule has 0 radical (unpaired) electrons. The lowest BCUT2D eigenvalue weighted by Gasteiger charge is -2.12. The van der Waals surface area contributed by atoms with Crippen LogP contribution in [0.5, 0.6) is 0 Å². The van der Waals surface area contributed by atoms with Crippen LogP contribution in [0.3, 0.4) is 0 Å². The Hall–Kier alpha value is -1.84. The predicted octanol–water partition coefficient (Wildman–Crippen LogP) is 2.85. The first-order valence-electron chi connectivity index (χ1n) is 6.50. The van der Waals surface area contributed by atoms with Gasteiger partial charge in [-0.2, -0.15) is 0 Å². The summed E-state index contributed by atoms with van der Waals surface area (Å²) in [6, 6.07) is 9.51. The topological polar surface area (TPSA) is 52.6 Å². The standard InChI is InChI=1S/C15H20O4/c1-3-14(16)19-12(2)9-10-15(17)18-11-13-7-5-4-6-8-13/h4-8,12H,3,9-11H2,1-2H3/t12-/m1/s1. The Kier molecular flexibility index (Phi) is 6.64. The van der Waals surface area contributed by atoms with Crippen molar-refractivity contribution in [3.05, 3.63) is 35.9 Å². The summed E-state index contributed by atoms with van der Waals surface area (Å²) < 4.78 is 10.2. The van der Waals surface area contributed by atoms with Gasteiger partial charge in [0.15, 0.2) is 0 Å². The quantitative estimate of drug-likeness (QED) is 0.711. The van der Waals surface area contributed by atoms with Gasteiger partial charge in [0.2, 0.25) is 0 Å². The smallest absolute Gasteiger partial charge is 0.306 e. The number of esters is 2. The zero-order valence-electron chi connectivity index (χ0n) is 11.4. The van der Waals surface area contributed by atoms with E-state index in [-0.39, 0.29) is 31.1 Å². The number of carbonyl (C=O) groups is 2. The Morgan fingerprint density at radius 1 is 1.16 bits per heavy atom. The van der Waals surface area contributed by atoms with Crippen molar-refractivity contribution < 1.29 is 19.1 Å². The minimum absolute atomic E-state index is 0.245. The van der Waals surface area contributed by atoms with Gasteiger partial charge in [0, 0.05) is 12.8 Å². The molecule has 1 aromatic rings. The minimum Gasteiger partial charge on any atom is -0.463 e. The van der Waals surface area contributed by atoms with Crippen LogP contribution in [0.2, 0.25) is 0 Å². The van der Waals surface area contributed by atoms with Crippen molar-refractivity contribution in [3.63, 3.8) is 0 Å². The monoisotopic (exact) mass is 264 g/mol. The second-order valence-electron chi connectivity index (χ2n) is 4.34. The number of hydrogen-bond donors (Lipinski definition) is 0. The highest BCUT2D eigenvalue weighted by atomic mass is 16.5. The second kappa shape index (κ2) is 8.29. The maximum absolute atomic E-state index is 11.5. The third kappa shape index (κ3) is 6.60. The van der Waals surface area contributed by atoms with Crippen LogP contribution < -0.4 is 0 Å². The first-order chi connectivity index (χ1) is 9.11. The highest BCUT2D eigenvalue weighted by molar-refractivity contribution is 5.70. The molecule has 1 aromatic carbocycles. The molecular formula is C15H20O4. The van der Waals surface area contributed by atoms with Gasteiger partial charge in [0.25, 0.3) is 0 Å². The van der Waals surface area contributed by atoms with E-state index in [2.05, 4.69) is 0 Å². The molecule has 0 aliphatic rings. The molecule has 0 spiro atoms.